The summed E-state index contributed by atoms with van der Waals surface area (Å²) in [7, 11) is 0. The molecular formula is C23H22N2O2S. The minimum Gasteiger partial charge on any atom is -0.325 e. The van der Waals surface area contributed by atoms with Crippen LogP contribution in [0.4, 0.5) is 11.4 Å². The Morgan fingerprint density at radius 2 is 1.54 bits per heavy atom. The summed E-state index contributed by atoms with van der Waals surface area (Å²) < 4.78 is 0. The first-order valence-corrected chi connectivity index (χ1v) is 10.4. The van der Waals surface area contributed by atoms with Gasteiger partial charge in [-0.25, -0.2) is 0 Å². The van der Waals surface area contributed by atoms with E-state index in [0.29, 0.717) is 16.3 Å². The minimum absolute atomic E-state index is 0.0259. The molecule has 1 aliphatic carbocycles. The predicted molar refractivity (Wildman–Crippen MR) is 114 cm³/mol. The van der Waals surface area contributed by atoms with Crippen molar-refractivity contribution in [2.45, 2.75) is 31.1 Å². The van der Waals surface area contributed by atoms with E-state index in [1.807, 2.05) is 60.0 Å². The van der Waals surface area contributed by atoms with E-state index in [9.17, 15) is 9.59 Å². The second-order valence-electron chi connectivity index (χ2n) is 7.12. The van der Waals surface area contributed by atoms with Crippen molar-refractivity contribution < 1.29 is 9.59 Å². The van der Waals surface area contributed by atoms with Gasteiger partial charge in [0.2, 0.25) is 5.91 Å². The van der Waals surface area contributed by atoms with Crippen LogP contribution in [-0.4, -0.2) is 11.8 Å². The number of thiophene rings is 1. The van der Waals surface area contributed by atoms with E-state index in [1.165, 1.54) is 11.3 Å². The van der Waals surface area contributed by atoms with Gasteiger partial charge in [-0.3, -0.25) is 9.59 Å². The zero-order chi connectivity index (χ0) is 19.4. The number of rotatable bonds is 5. The maximum Gasteiger partial charge on any atom is 0.265 e. The lowest BCUT2D eigenvalue weighted by molar-refractivity contribution is -0.121. The average molecular weight is 391 g/mol. The minimum atomic E-state index is -0.475. The lowest BCUT2D eigenvalue weighted by atomic mass is 9.78. The molecule has 1 aliphatic rings. The van der Waals surface area contributed by atoms with Crippen molar-refractivity contribution in [1.82, 2.24) is 0 Å². The zero-order valence-electron chi connectivity index (χ0n) is 15.5. The van der Waals surface area contributed by atoms with Gasteiger partial charge in [0.05, 0.1) is 10.3 Å². The third-order valence-corrected chi connectivity index (χ3v) is 6.21. The normalized spacial score (nSPS) is 15.1. The van der Waals surface area contributed by atoms with Gasteiger partial charge < -0.3 is 10.6 Å². The molecule has 0 bridgehead atoms. The van der Waals surface area contributed by atoms with Gasteiger partial charge in [0.15, 0.2) is 0 Å². The van der Waals surface area contributed by atoms with Crippen LogP contribution in [0.3, 0.4) is 0 Å². The molecule has 3 aromatic rings. The number of carbonyl (C=O) groups is 2. The largest absolute Gasteiger partial charge is 0.325 e. The summed E-state index contributed by atoms with van der Waals surface area (Å²) >= 11 is 1.40. The fourth-order valence-electron chi connectivity index (χ4n) is 3.91. The van der Waals surface area contributed by atoms with E-state index in [1.54, 1.807) is 12.1 Å². The number of amides is 2. The fraction of sp³-hybridized carbons (Fsp3) is 0.217. The highest BCUT2D eigenvalue weighted by molar-refractivity contribution is 7.12. The molecule has 1 saturated carbocycles. The van der Waals surface area contributed by atoms with E-state index in [0.717, 1.165) is 31.2 Å². The number of anilines is 2. The molecule has 1 heterocycles. The van der Waals surface area contributed by atoms with Crippen molar-refractivity contribution in [2.75, 3.05) is 10.6 Å². The van der Waals surface area contributed by atoms with Crippen LogP contribution in [-0.2, 0) is 10.2 Å². The van der Waals surface area contributed by atoms with Crippen LogP contribution >= 0.6 is 11.3 Å². The van der Waals surface area contributed by atoms with Gasteiger partial charge in [-0.05, 0) is 48.1 Å². The second kappa shape index (κ2) is 7.98. The first-order chi connectivity index (χ1) is 13.7. The molecule has 0 atom stereocenters. The highest BCUT2D eigenvalue weighted by Gasteiger charge is 2.42. The topological polar surface area (TPSA) is 58.2 Å². The van der Waals surface area contributed by atoms with Crippen LogP contribution in [0, 0.1) is 0 Å². The molecular weight excluding hydrogens is 368 g/mol. The first kappa shape index (κ1) is 18.4. The molecule has 142 valence electrons. The van der Waals surface area contributed by atoms with Gasteiger partial charge in [0.25, 0.3) is 5.91 Å². The van der Waals surface area contributed by atoms with Crippen molar-refractivity contribution in [1.29, 1.82) is 0 Å². The van der Waals surface area contributed by atoms with E-state index in [4.69, 9.17) is 0 Å². The van der Waals surface area contributed by atoms with Crippen LogP contribution in [0.15, 0.2) is 72.1 Å². The Kier molecular flexibility index (Phi) is 5.26. The molecule has 0 saturated heterocycles. The average Bonchev–Trinajstić information content (AvgIpc) is 3.42. The molecule has 4 rings (SSSR count). The molecule has 0 unspecified atom stereocenters. The summed E-state index contributed by atoms with van der Waals surface area (Å²) in [6.45, 7) is 0. The quantitative estimate of drug-likeness (QED) is 0.608. The molecule has 1 fully saturated rings. The second-order valence-corrected chi connectivity index (χ2v) is 8.07. The van der Waals surface area contributed by atoms with Crippen LogP contribution in [0.2, 0.25) is 0 Å². The number of hydrogen-bond donors (Lipinski definition) is 2. The Labute approximate surface area is 168 Å². The summed E-state index contributed by atoms with van der Waals surface area (Å²) in [5, 5.41) is 7.84. The molecule has 4 nitrogen and oxygen atoms in total. The molecule has 28 heavy (non-hydrogen) atoms. The van der Waals surface area contributed by atoms with Crippen molar-refractivity contribution in [2.24, 2.45) is 0 Å². The van der Waals surface area contributed by atoms with Gasteiger partial charge >= 0.3 is 0 Å². The summed E-state index contributed by atoms with van der Waals surface area (Å²) in [5.41, 5.74) is 1.96. The van der Waals surface area contributed by atoms with Crippen LogP contribution in [0.25, 0.3) is 0 Å². The van der Waals surface area contributed by atoms with Gasteiger partial charge in [-0.2, -0.15) is 0 Å². The number of carbonyl (C=O) groups excluding carboxylic acids is 2. The standard InChI is InChI=1S/C23H22N2O2S/c26-21(20-12-7-15-28-20)24-18-10-6-11-19(16-18)25-22(27)23(13-4-5-14-23)17-8-2-1-3-9-17/h1-3,6-12,15-16H,4-5,13-14H2,(H,24,26)(H,25,27). The molecule has 2 N–H and O–H groups in total. The first-order valence-electron chi connectivity index (χ1n) is 9.49. The van der Waals surface area contributed by atoms with E-state index >= 15 is 0 Å². The van der Waals surface area contributed by atoms with Gasteiger partial charge in [-0.15, -0.1) is 11.3 Å². The molecule has 2 amide bonds. The van der Waals surface area contributed by atoms with Gasteiger partial charge in [-0.1, -0.05) is 55.3 Å². The third-order valence-electron chi connectivity index (χ3n) is 5.34. The van der Waals surface area contributed by atoms with Gasteiger partial charge in [0.1, 0.15) is 0 Å². The van der Waals surface area contributed by atoms with E-state index < -0.39 is 5.41 Å². The third kappa shape index (κ3) is 3.71. The Morgan fingerprint density at radius 3 is 2.21 bits per heavy atom. The van der Waals surface area contributed by atoms with Crippen molar-refractivity contribution in [3.05, 3.63) is 82.6 Å². The maximum atomic E-state index is 13.3. The molecule has 5 heteroatoms. The highest BCUT2D eigenvalue weighted by atomic mass is 32.1. The zero-order valence-corrected chi connectivity index (χ0v) is 16.3. The fourth-order valence-corrected chi connectivity index (χ4v) is 4.53. The van der Waals surface area contributed by atoms with E-state index in [-0.39, 0.29) is 11.8 Å². The maximum absolute atomic E-state index is 13.3. The molecule has 2 aromatic carbocycles. The Morgan fingerprint density at radius 1 is 0.821 bits per heavy atom. The van der Waals surface area contributed by atoms with Crippen molar-refractivity contribution >= 4 is 34.5 Å². The van der Waals surface area contributed by atoms with E-state index in [2.05, 4.69) is 10.6 Å². The molecule has 0 spiro atoms. The van der Waals surface area contributed by atoms with Crippen LogP contribution < -0.4 is 10.6 Å². The molecule has 0 aliphatic heterocycles. The Hall–Kier alpha value is -2.92. The Balaban J connectivity index is 1.52. The predicted octanol–water partition coefficient (Wildman–Crippen LogP) is 5.45. The Bertz CT molecular complexity index is 961. The summed E-state index contributed by atoms with van der Waals surface area (Å²) in [6, 6.07) is 21.0. The molecule has 1 aromatic heterocycles. The summed E-state index contributed by atoms with van der Waals surface area (Å²) in [5.74, 6) is -0.118. The number of hydrogen-bond acceptors (Lipinski definition) is 3. The number of benzene rings is 2. The number of nitrogens with one attached hydrogen (secondary N) is 2. The van der Waals surface area contributed by atoms with Gasteiger partial charge in [0, 0.05) is 11.4 Å². The smallest absolute Gasteiger partial charge is 0.265 e. The van der Waals surface area contributed by atoms with Crippen molar-refractivity contribution in [3.63, 3.8) is 0 Å². The lowest BCUT2D eigenvalue weighted by Crippen LogP contribution is -2.37. The molecule has 0 radical (unpaired) electrons. The summed E-state index contributed by atoms with van der Waals surface area (Å²) in [6.07, 6.45) is 3.83. The van der Waals surface area contributed by atoms with Crippen LogP contribution in [0.1, 0.15) is 40.9 Å². The lowest BCUT2D eigenvalue weighted by Gasteiger charge is -2.28. The van der Waals surface area contributed by atoms with Crippen molar-refractivity contribution in [3.8, 4) is 0 Å². The summed E-state index contributed by atoms with van der Waals surface area (Å²) in [4.78, 5) is 26.2. The SMILES string of the molecule is O=C(Nc1cccc(NC(=O)C2(c3ccccc3)CCCC2)c1)c1cccs1. The monoisotopic (exact) mass is 390 g/mol. The highest BCUT2D eigenvalue weighted by Crippen LogP contribution is 2.42. The van der Waals surface area contributed by atoms with Crippen LogP contribution in [0.5, 0.6) is 0 Å².